The zero-order valence-electron chi connectivity index (χ0n) is 25.2. The normalized spacial score (nSPS) is 17.6. The lowest BCUT2D eigenvalue weighted by molar-refractivity contribution is -0.385. The molecule has 1 aliphatic carbocycles. The van der Waals surface area contributed by atoms with E-state index < -0.39 is 20.7 Å². The van der Waals surface area contributed by atoms with E-state index in [2.05, 4.69) is 6.58 Å². The average molecular weight is 592 g/mol. The molecule has 0 saturated carbocycles. The van der Waals surface area contributed by atoms with Crippen LogP contribution in [0, 0.1) is 27.2 Å². The van der Waals surface area contributed by atoms with Crippen molar-refractivity contribution in [1.29, 1.82) is 0 Å². The number of ketones is 1. The predicted octanol–water partition coefficient (Wildman–Crippen LogP) is 7.85. The van der Waals surface area contributed by atoms with E-state index in [9.17, 15) is 30.1 Å². The molecule has 1 heterocycles. The largest absolute Gasteiger partial charge is 0.506 e. The number of hydrogen-bond donors (Lipinski definition) is 1. The number of nitro groups is 2. The van der Waals surface area contributed by atoms with Gasteiger partial charge in [-0.25, -0.2) is 0 Å². The number of carbonyl (C=O) groups is 1. The first-order chi connectivity index (χ1) is 20.6. The third-order valence-corrected chi connectivity index (χ3v) is 8.77. The number of non-ortho nitro benzene ring substituents is 2. The second-order valence-electron chi connectivity index (χ2n) is 12.2. The van der Waals surface area contributed by atoms with E-state index in [1.165, 1.54) is 18.2 Å². The Morgan fingerprint density at radius 1 is 1.00 bits per heavy atom. The van der Waals surface area contributed by atoms with Crippen molar-refractivity contribution in [2.45, 2.75) is 52.0 Å². The molecule has 1 aliphatic heterocycles. The predicted molar refractivity (Wildman–Crippen MR) is 170 cm³/mol. The number of hydrogen-bond acceptors (Lipinski definition) is 7. The number of Topliss-reactive ketones (excluding diaryl/α,β-unsaturated/α-hetero) is 1. The first kappa shape index (κ1) is 30.2. The molecule has 0 unspecified atom stereocenters. The SMILES string of the molecule is C=C(/C=C1/C(=O)C(/C=C2\N(Cc3ccccc3)c3cc([N+](=O)[O-])ccc3C2(C)C)=C1O)C(C)(C)c1ccc([N+](=O)[O-])cc1C. The van der Waals surface area contributed by atoms with Crippen LogP contribution in [-0.4, -0.2) is 20.7 Å². The molecule has 0 amide bonds. The van der Waals surface area contributed by atoms with Crippen LogP contribution in [0.5, 0.6) is 0 Å². The minimum absolute atomic E-state index is 0.00801. The van der Waals surface area contributed by atoms with Gasteiger partial charge in [-0.3, -0.25) is 25.0 Å². The minimum atomic E-state index is -0.683. The van der Waals surface area contributed by atoms with Crippen LogP contribution in [0.1, 0.15) is 49.9 Å². The molecule has 0 spiro atoms. The van der Waals surface area contributed by atoms with Crippen molar-refractivity contribution >= 4 is 22.8 Å². The van der Waals surface area contributed by atoms with Crippen molar-refractivity contribution in [2.24, 2.45) is 0 Å². The molecule has 2 aliphatic rings. The summed E-state index contributed by atoms with van der Waals surface area (Å²) in [4.78, 5) is 37.4. The lowest BCUT2D eigenvalue weighted by Gasteiger charge is -2.31. The number of rotatable bonds is 8. The molecule has 3 aromatic carbocycles. The fraction of sp³-hybridized carbons (Fsp3) is 0.229. The van der Waals surface area contributed by atoms with Gasteiger partial charge in [-0.2, -0.15) is 0 Å². The number of nitrogens with zero attached hydrogens (tertiary/aromatic N) is 3. The average Bonchev–Trinajstić information content (AvgIpc) is 3.19. The molecular weight excluding hydrogens is 558 g/mol. The molecule has 0 aromatic heterocycles. The number of anilines is 1. The summed E-state index contributed by atoms with van der Waals surface area (Å²) in [6.45, 7) is 14.2. The quantitative estimate of drug-likeness (QED) is 0.161. The van der Waals surface area contributed by atoms with Crippen LogP contribution in [0.4, 0.5) is 17.1 Å². The summed E-state index contributed by atoms with van der Waals surface area (Å²) >= 11 is 0. The Hall–Kier alpha value is -5.31. The zero-order valence-corrected chi connectivity index (χ0v) is 25.2. The number of allylic oxidation sites excluding steroid dienone is 6. The zero-order chi connectivity index (χ0) is 32.1. The molecule has 0 fully saturated rings. The van der Waals surface area contributed by atoms with Crippen molar-refractivity contribution in [1.82, 2.24) is 0 Å². The number of nitro benzene ring substituents is 2. The van der Waals surface area contributed by atoms with Crippen LogP contribution in [0.15, 0.2) is 114 Å². The number of aliphatic hydroxyl groups is 1. The van der Waals surface area contributed by atoms with E-state index in [0.717, 1.165) is 28.0 Å². The van der Waals surface area contributed by atoms with Crippen LogP contribution in [0.2, 0.25) is 0 Å². The van der Waals surface area contributed by atoms with Gasteiger partial charge in [0.1, 0.15) is 5.76 Å². The smallest absolute Gasteiger partial charge is 0.271 e. The summed E-state index contributed by atoms with van der Waals surface area (Å²) < 4.78 is 0. The fourth-order valence-electron chi connectivity index (χ4n) is 6.02. The van der Waals surface area contributed by atoms with Crippen LogP contribution >= 0.6 is 0 Å². The van der Waals surface area contributed by atoms with Gasteiger partial charge in [-0.15, -0.1) is 0 Å². The van der Waals surface area contributed by atoms with Crippen LogP contribution in [-0.2, 0) is 22.2 Å². The van der Waals surface area contributed by atoms with Crippen molar-refractivity contribution in [3.8, 4) is 0 Å². The van der Waals surface area contributed by atoms with Gasteiger partial charge in [0, 0.05) is 47.3 Å². The summed E-state index contributed by atoms with van der Waals surface area (Å²) in [7, 11) is 0. The van der Waals surface area contributed by atoms with Gasteiger partial charge < -0.3 is 10.0 Å². The summed E-state index contributed by atoms with van der Waals surface area (Å²) in [5, 5.41) is 34.0. The number of benzene rings is 3. The van der Waals surface area contributed by atoms with Gasteiger partial charge in [0.05, 0.1) is 26.7 Å². The third kappa shape index (κ3) is 5.00. The van der Waals surface area contributed by atoms with Gasteiger partial charge in [-0.1, -0.05) is 70.7 Å². The second-order valence-corrected chi connectivity index (χ2v) is 12.2. The van der Waals surface area contributed by atoms with Crippen LogP contribution < -0.4 is 4.90 Å². The van der Waals surface area contributed by atoms with Crippen molar-refractivity contribution in [3.63, 3.8) is 0 Å². The molecule has 0 radical (unpaired) electrons. The minimum Gasteiger partial charge on any atom is -0.506 e. The molecule has 0 saturated heterocycles. The van der Waals surface area contributed by atoms with Gasteiger partial charge in [0.25, 0.3) is 11.4 Å². The summed E-state index contributed by atoms with van der Waals surface area (Å²) in [5.74, 6) is -0.498. The first-order valence-electron chi connectivity index (χ1n) is 14.1. The highest BCUT2D eigenvalue weighted by Gasteiger charge is 2.43. The highest BCUT2D eigenvalue weighted by molar-refractivity contribution is 6.21. The Kier molecular flexibility index (Phi) is 7.37. The molecule has 1 N–H and O–H groups in total. The molecule has 9 nitrogen and oxygen atoms in total. The highest BCUT2D eigenvalue weighted by Crippen LogP contribution is 2.50. The van der Waals surface area contributed by atoms with Crippen molar-refractivity contribution in [3.05, 3.63) is 156 Å². The lowest BCUT2D eigenvalue weighted by atomic mass is 9.74. The van der Waals surface area contributed by atoms with E-state index in [0.29, 0.717) is 17.8 Å². The van der Waals surface area contributed by atoms with Crippen molar-refractivity contribution < 1.29 is 19.7 Å². The van der Waals surface area contributed by atoms with E-state index in [4.69, 9.17) is 0 Å². The number of carbonyl (C=O) groups excluding carboxylic acids is 1. The van der Waals surface area contributed by atoms with Gasteiger partial charge >= 0.3 is 0 Å². The number of fused-ring (bicyclic) bond motifs is 1. The van der Waals surface area contributed by atoms with Gasteiger partial charge in [0.2, 0.25) is 5.78 Å². The molecular formula is C35H33N3O6. The molecule has 9 heteroatoms. The van der Waals surface area contributed by atoms with E-state index in [1.807, 2.05) is 62.9 Å². The van der Waals surface area contributed by atoms with Gasteiger partial charge in [-0.05, 0) is 53.0 Å². The van der Waals surface area contributed by atoms with Crippen molar-refractivity contribution in [2.75, 3.05) is 4.90 Å². The summed E-state index contributed by atoms with van der Waals surface area (Å²) in [6.07, 6.45) is 3.25. The number of aryl methyl sites for hydroxylation is 1. The summed E-state index contributed by atoms with van der Waals surface area (Å²) in [6, 6.07) is 19.1. The molecule has 44 heavy (non-hydrogen) atoms. The Bertz CT molecular complexity index is 1850. The Labute approximate surface area is 255 Å². The Morgan fingerprint density at radius 2 is 1.61 bits per heavy atom. The Morgan fingerprint density at radius 3 is 2.20 bits per heavy atom. The van der Waals surface area contributed by atoms with Gasteiger partial charge in [0.15, 0.2) is 0 Å². The van der Waals surface area contributed by atoms with E-state index in [-0.39, 0.29) is 34.1 Å². The third-order valence-electron chi connectivity index (χ3n) is 8.77. The lowest BCUT2D eigenvalue weighted by Crippen LogP contribution is -2.29. The highest BCUT2D eigenvalue weighted by atomic mass is 16.6. The van der Waals surface area contributed by atoms with Crippen LogP contribution in [0.3, 0.4) is 0 Å². The summed E-state index contributed by atoms with van der Waals surface area (Å²) in [5.41, 5.74) is 4.29. The maximum Gasteiger partial charge on any atom is 0.271 e. The molecule has 224 valence electrons. The topological polar surface area (TPSA) is 127 Å². The molecule has 0 atom stereocenters. The van der Waals surface area contributed by atoms with E-state index in [1.54, 1.807) is 37.3 Å². The number of aliphatic hydroxyl groups excluding tert-OH is 1. The first-order valence-corrected chi connectivity index (χ1v) is 14.1. The van der Waals surface area contributed by atoms with E-state index >= 15 is 0 Å². The maximum atomic E-state index is 13.5. The monoisotopic (exact) mass is 591 g/mol. The van der Waals surface area contributed by atoms with Crippen LogP contribution in [0.25, 0.3) is 0 Å². The second kappa shape index (κ2) is 10.8. The fourth-order valence-corrected chi connectivity index (χ4v) is 6.02. The Balaban J connectivity index is 1.53. The molecule has 3 aromatic rings. The molecule has 5 rings (SSSR count). The molecule has 0 bridgehead atoms. The standard InChI is InChI=1S/C35H33N3O6/c1-21-16-24(37(41)42)12-14-28(21)34(3,4)22(2)17-26-32(39)27(33(26)40)19-31-35(5,6)29-15-13-25(38(43)44)18-30(29)36(31)20-23-10-8-7-9-11-23/h7-19,39H,2,20H2,1,3-6H3/b26-17+,31-19-. The maximum absolute atomic E-state index is 13.5.